The van der Waals surface area contributed by atoms with Gasteiger partial charge in [0, 0.05) is 5.71 Å². The average Bonchev–Trinajstić information content (AvgIpc) is 3.25. The van der Waals surface area contributed by atoms with Crippen LogP contribution in [-0.2, 0) is 10.0 Å². The Kier molecular flexibility index (Phi) is 8.32. The molecule has 0 heterocycles. The average molecular weight is 555 g/mol. The fraction of sp³-hybridized carbons (Fsp3) is 0.794. The van der Waals surface area contributed by atoms with E-state index in [2.05, 4.69) is 44.6 Å². The van der Waals surface area contributed by atoms with Crippen molar-refractivity contribution >= 4 is 15.7 Å². The summed E-state index contributed by atoms with van der Waals surface area (Å²) in [4.78, 5) is 2.85. The normalized spacial score (nSPS) is 38.2. The van der Waals surface area contributed by atoms with Crippen LogP contribution in [0.25, 0.3) is 0 Å². The van der Waals surface area contributed by atoms with E-state index in [1.807, 2.05) is 19.1 Å². The molecule has 8 atom stereocenters. The summed E-state index contributed by atoms with van der Waals surface area (Å²) in [6, 6.07) is 6.99. The summed E-state index contributed by atoms with van der Waals surface area (Å²) in [5.41, 5.74) is 3.01. The summed E-state index contributed by atoms with van der Waals surface area (Å²) in [5.74, 6) is 5.85. The van der Waals surface area contributed by atoms with Crippen LogP contribution in [0.3, 0.4) is 0 Å². The van der Waals surface area contributed by atoms with Crippen LogP contribution < -0.4 is 4.83 Å². The van der Waals surface area contributed by atoms with Crippen LogP contribution in [0.2, 0.25) is 0 Å². The molecule has 0 aliphatic heterocycles. The van der Waals surface area contributed by atoms with Gasteiger partial charge < -0.3 is 0 Å². The predicted molar refractivity (Wildman–Crippen MR) is 162 cm³/mol. The molecule has 4 fully saturated rings. The first-order valence-corrected chi connectivity index (χ1v) is 17.6. The molecule has 5 heteroatoms. The van der Waals surface area contributed by atoms with Crippen molar-refractivity contribution in [2.75, 3.05) is 0 Å². The van der Waals surface area contributed by atoms with Crippen molar-refractivity contribution in [3.63, 3.8) is 0 Å². The van der Waals surface area contributed by atoms with Crippen molar-refractivity contribution in [3.05, 3.63) is 29.8 Å². The van der Waals surface area contributed by atoms with E-state index in [-0.39, 0.29) is 4.90 Å². The van der Waals surface area contributed by atoms with Gasteiger partial charge in [-0.25, -0.2) is 4.83 Å². The van der Waals surface area contributed by atoms with Crippen LogP contribution in [0.15, 0.2) is 34.3 Å². The van der Waals surface area contributed by atoms with E-state index in [0.717, 1.165) is 66.0 Å². The van der Waals surface area contributed by atoms with Gasteiger partial charge in [0.1, 0.15) is 0 Å². The quantitative estimate of drug-likeness (QED) is 0.327. The second kappa shape index (κ2) is 11.1. The highest BCUT2D eigenvalue weighted by Gasteiger charge is 2.60. The van der Waals surface area contributed by atoms with Crippen LogP contribution in [-0.4, -0.2) is 14.1 Å². The van der Waals surface area contributed by atoms with E-state index in [0.29, 0.717) is 16.7 Å². The molecule has 0 spiro atoms. The summed E-state index contributed by atoms with van der Waals surface area (Å²) in [7, 11) is -3.62. The van der Waals surface area contributed by atoms with E-state index in [1.54, 1.807) is 12.1 Å². The summed E-state index contributed by atoms with van der Waals surface area (Å²) < 4.78 is 25.6. The van der Waals surface area contributed by atoms with Gasteiger partial charge in [0.2, 0.25) is 0 Å². The molecule has 4 nitrogen and oxygen atoms in total. The van der Waals surface area contributed by atoms with Gasteiger partial charge in [-0.15, -0.1) is 0 Å². The summed E-state index contributed by atoms with van der Waals surface area (Å²) >= 11 is 0. The number of aryl methyl sites for hydroxylation is 1. The van der Waals surface area contributed by atoms with Gasteiger partial charge in [-0.1, -0.05) is 71.6 Å². The first-order valence-electron chi connectivity index (χ1n) is 16.1. The standard InChI is InChI=1S/C34H54N2O2S/c1-23(2)8-7-9-25(4)30-16-17-31-29-15-12-26-22-27(18-20-33(26,5)32(29)19-21-34(30,31)6)35-36-39(37,38)28-13-10-24(3)11-14-28/h10-11,13-14,23,25-26,29-32,36H,7-9,12,15-22H2,1-6H3/b35-27-/t25-,26+,29+,30-,31+,32+,33+,34-/m1/s1. The van der Waals surface area contributed by atoms with Crippen LogP contribution >= 0.6 is 0 Å². The van der Waals surface area contributed by atoms with Crippen LogP contribution in [0.1, 0.15) is 117 Å². The maximum Gasteiger partial charge on any atom is 0.276 e. The molecule has 4 aliphatic carbocycles. The molecule has 4 saturated carbocycles. The Hall–Kier alpha value is -1.36. The molecule has 0 saturated heterocycles. The van der Waals surface area contributed by atoms with Crippen molar-refractivity contribution in [3.8, 4) is 0 Å². The number of hydrazone groups is 1. The lowest BCUT2D eigenvalue weighted by atomic mass is 9.44. The molecule has 1 N–H and O–H groups in total. The number of hydrogen-bond acceptors (Lipinski definition) is 3. The maximum atomic E-state index is 12.8. The molecule has 0 unspecified atom stereocenters. The number of rotatable bonds is 8. The minimum atomic E-state index is -3.62. The molecule has 4 aliphatic rings. The Morgan fingerprint density at radius 3 is 2.36 bits per heavy atom. The topological polar surface area (TPSA) is 58.5 Å². The second-order valence-corrected chi connectivity index (χ2v) is 16.6. The molecule has 1 aromatic carbocycles. The highest BCUT2D eigenvalue weighted by atomic mass is 32.2. The molecular weight excluding hydrogens is 500 g/mol. The molecule has 5 rings (SSSR count). The van der Waals surface area contributed by atoms with Crippen molar-refractivity contribution < 1.29 is 8.42 Å². The van der Waals surface area contributed by atoms with Crippen molar-refractivity contribution in [2.45, 2.75) is 123 Å². The molecule has 39 heavy (non-hydrogen) atoms. The number of benzene rings is 1. The Bertz CT molecular complexity index is 1140. The third-order valence-electron chi connectivity index (χ3n) is 12.4. The summed E-state index contributed by atoms with van der Waals surface area (Å²) in [5, 5.41) is 4.49. The minimum absolute atomic E-state index is 0.285. The zero-order chi connectivity index (χ0) is 28.0. The maximum absolute atomic E-state index is 12.8. The van der Waals surface area contributed by atoms with Gasteiger partial charge in [-0.3, -0.25) is 0 Å². The summed E-state index contributed by atoms with van der Waals surface area (Å²) in [6.07, 6.45) is 15.6. The van der Waals surface area contributed by atoms with E-state index in [4.69, 9.17) is 0 Å². The molecule has 0 bridgehead atoms. The fourth-order valence-corrected chi connectivity index (χ4v) is 10.9. The monoisotopic (exact) mass is 554 g/mol. The molecule has 218 valence electrons. The molecule has 1 aromatic rings. The lowest BCUT2D eigenvalue weighted by Gasteiger charge is -2.61. The van der Waals surface area contributed by atoms with E-state index >= 15 is 0 Å². The molecule has 0 radical (unpaired) electrons. The largest absolute Gasteiger partial charge is 0.276 e. The number of hydrogen-bond donors (Lipinski definition) is 1. The molecule has 0 aromatic heterocycles. The molecule has 0 amide bonds. The van der Waals surface area contributed by atoms with E-state index in [1.165, 1.54) is 57.8 Å². The third kappa shape index (κ3) is 5.60. The highest BCUT2D eigenvalue weighted by Crippen LogP contribution is 2.68. The first-order chi connectivity index (χ1) is 18.4. The number of nitrogens with zero attached hydrogens (tertiary/aromatic N) is 1. The van der Waals surface area contributed by atoms with Gasteiger partial charge in [-0.2, -0.15) is 13.5 Å². The smallest absolute Gasteiger partial charge is 0.200 e. The van der Waals surface area contributed by atoms with Gasteiger partial charge >= 0.3 is 0 Å². The van der Waals surface area contributed by atoms with Crippen LogP contribution in [0.4, 0.5) is 0 Å². The molecular formula is C34H54N2O2S. The first kappa shape index (κ1) is 29.1. The van der Waals surface area contributed by atoms with E-state index in [9.17, 15) is 8.42 Å². The fourth-order valence-electron chi connectivity index (χ4n) is 10.1. The van der Waals surface area contributed by atoms with Crippen molar-refractivity contribution in [1.82, 2.24) is 4.83 Å². The third-order valence-corrected chi connectivity index (χ3v) is 13.6. The van der Waals surface area contributed by atoms with Gasteiger partial charge in [0.05, 0.1) is 4.90 Å². The zero-order valence-corrected chi connectivity index (χ0v) is 26.3. The van der Waals surface area contributed by atoms with Gasteiger partial charge in [0.15, 0.2) is 0 Å². The Balaban J connectivity index is 1.23. The van der Waals surface area contributed by atoms with Crippen LogP contribution in [0, 0.1) is 59.2 Å². The van der Waals surface area contributed by atoms with Gasteiger partial charge in [-0.05, 0) is 129 Å². The highest BCUT2D eigenvalue weighted by molar-refractivity contribution is 7.89. The number of fused-ring (bicyclic) bond motifs is 5. The zero-order valence-electron chi connectivity index (χ0n) is 25.5. The van der Waals surface area contributed by atoms with Crippen molar-refractivity contribution in [1.29, 1.82) is 0 Å². The van der Waals surface area contributed by atoms with E-state index < -0.39 is 10.0 Å². The lowest BCUT2D eigenvalue weighted by Crippen LogP contribution is -2.53. The Labute approximate surface area is 239 Å². The lowest BCUT2D eigenvalue weighted by molar-refractivity contribution is -0.105. The predicted octanol–water partition coefficient (Wildman–Crippen LogP) is 8.75. The van der Waals surface area contributed by atoms with Crippen LogP contribution in [0.5, 0.6) is 0 Å². The van der Waals surface area contributed by atoms with Gasteiger partial charge in [0.25, 0.3) is 10.0 Å². The Morgan fingerprint density at radius 1 is 0.923 bits per heavy atom. The Morgan fingerprint density at radius 2 is 1.64 bits per heavy atom. The SMILES string of the molecule is Cc1ccc(S(=O)(=O)N/N=C2/CC[C@@]3(C)[C@@H](CC[C@@H]4[C@@H]3CC[C@]3(C)[C@@H]([C@H](C)CCCC(C)C)CC[C@@H]43)C2)cc1. The number of nitrogens with one attached hydrogen (secondary N) is 1. The number of sulfonamides is 1. The minimum Gasteiger partial charge on any atom is -0.200 e. The van der Waals surface area contributed by atoms with Crippen molar-refractivity contribution in [2.24, 2.45) is 57.4 Å². The summed E-state index contributed by atoms with van der Waals surface area (Å²) in [6.45, 7) is 14.5. The second-order valence-electron chi connectivity index (χ2n) is 15.0.